The Bertz CT molecular complexity index is 817. The zero-order valence-corrected chi connectivity index (χ0v) is 13.8. The molecule has 0 amide bonds. The van der Waals surface area contributed by atoms with Gasteiger partial charge in [0.2, 0.25) is 0 Å². The fourth-order valence-electron chi connectivity index (χ4n) is 3.24. The van der Waals surface area contributed by atoms with Gasteiger partial charge in [0.25, 0.3) is 12.1 Å². The van der Waals surface area contributed by atoms with Crippen LogP contribution < -0.4 is 0 Å². The zero-order valence-electron chi connectivity index (χ0n) is 13.8. The SMILES string of the molecule is [C-]#[N+]C(c1ccccc1)C(c1ccccc1)C([N+]#[C-])c1ccccc1. The lowest BCUT2D eigenvalue weighted by molar-refractivity contribution is 0.557. The van der Waals surface area contributed by atoms with Gasteiger partial charge in [-0.15, -0.1) is 0 Å². The van der Waals surface area contributed by atoms with Crippen molar-refractivity contribution in [2.75, 3.05) is 0 Å². The molecule has 0 N–H and O–H groups in total. The molecule has 25 heavy (non-hydrogen) atoms. The molecule has 3 aromatic rings. The highest BCUT2D eigenvalue weighted by Gasteiger charge is 2.41. The molecule has 2 unspecified atom stereocenters. The molecule has 0 aromatic heterocycles. The lowest BCUT2D eigenvalue weighted by Gasteiger charge is -2.21. The Morgan fingerprint density at radius 1 is 0.480 bits per heavy atom. The van der Waals surface area contributed by atoms with E-state index in [1.807, 2.05) is 91.0 Å². The monoisotopic (exact) mass is 322 g/mol. The van der Waals surface area contributed by atoms with Gasteiger partial charge in [0, 0.05) is 11.1 Å². The molecule has 0 bridgehead atoms. The standard InChI is InChI=1S/C23H18N2/c1-24-22(19-14-8-4-9-15-19)21(18-12-6-3-7-13-18)23(25-2)20-16-10-5-11-17-20/h3-17,21-23H. The second-order valence-electron chi connectivity index (χ2n) is 5.91. The molecule has 0 saturated carbocycles. The molecule has 0 spiro atoms. The van der Waals surface area contributed by atoms with Crippen LogP contribution in [-0.4, -0.2) is 0 Å². The largest absolute Gasteiger partial charge is 0.307 e. The zero-order chi connectivity index (χ0) is 17.5. The first-order valence-electron chi connectivity index (χ1n) is 8.23. The van der Waals surface area contributed by atoms with E-state index in [1.165, 1.54) is 0 Å². The van der Waals surface area contributed by atoms with Gasteiger partial charge >= 0.3 is 0 Å². The van der Waals surface area contributed by atoms with Crippen LogP contribution in [0.1, 0.15) is 34.7 Å². The molecule has 0 fully saturated rings. The molecule has 3 rings (SSSR count). The Kier molecular flexibility index (Phi) is 5.25. The average molecular weight is 322 g/mol. The molecule has 2 nitrogen and oxygen atoms in total. The first-order chi connectivity index (χ1) is 12.3. The van der Waals surface area contributed by atoms with Gasteiger partial charge in [-0.05, 0) is 5.56 Å². The van der Waals surface area contributed by atoms with Crippen LogP contribution in [0.3, 0.4) is 0 Å². The molecule has 0 aliphatic carbocycles. The summed E-state index contributed by atoms with van der Waals surface area (Å²) in [5.41, 5.74) is 2.93. The van der Waals surface area contributed by atoms with Crippen LogP contribution in [0.15, 0.2) is 91.0 Å². The predicted octanol–water partition coefficient (Wildman–Crippen LogP) is 6.09. The Labute approximate surface area is 149 Å². The second kappa shape index (κ2) is 7.95. The van der Waals surface area contributed by atoms with Crippen molar-refractivity contribution in [2.45, 2.75) is 18.0 Å². The van der Waals surface area contributed by atoms with E-state index in [0.29, 0.717) is 0 Å². The minimum absolute atomic E-state index is 0.221. The van der Waals surface area contributed by atoms with Crippen molar-refractivity contribution in [3.05, 3.63) is 131 Å². The molecule has 0 radical (unpaired) electrons. The fraction of sp³-hybridized carbons (Fsp3) is 0.130. The smallest absolute Gasteiger partial charge is 0.263 e. The summed E-state index contributed by atoms with van der Waals surface area (Å²) >= 11 is 0. The molecular formula is C23H18N2. The van der Waals surface area contributed by atoms with Crippen LogP contribution in [0.25, 0.3) is 9.69 Å². The summed E-state index contributed by atoms with van der Waals surface area (Å²) in [5.74, 6) is -0.221. The number of nitrogens with zero attached hydrogens (tertiary/aromatic N) is 2. The normalized spacial score (nSPS) is 13.8. The van der Waals surface area contributed by atoms with Crippen molar-refractivity contribution < 1.29 is 0 Å². The number of hydrogen-bond acceptors (Lipinski definition) is 0. The maximum Gasteiger partial charge on any atom is 0.263 e. The Morgan fingerprint density at radius 2 is 0.800 bits per heavy atom. The summed E-state index contributed by atoms with van der Waals surface area (Å²) in [5, 5.41) is 0. The molecular weight excluding hydrogens is 304 g/mol. The molecule has 3 aromatic carbocycles. The van der Waals surface area contributed by atoms with Crippen LogP contribution in [-0.2, 0) is 0 Å². The Morgan fingerprint density at radius 3 is 1.12 bits per heavy atom. The Balaban J connectivity index is 2.13. The lowest BCUT2D eigenvalue weighted by atomic mass is 9.79. The van der Waals surface area contributed by atoms with Gasteiger partial charge in [0.05, 0.1) is 0 Å². The summed E-state index contributed by atoms with van der Waals surface area (Å²) in [7, 11) is 0. The third kappa shape index (κ3) is 3.60. The van der Waals surface area contributed by atoms with Gasteiger partial charge < -0.3 is 9.69 Å². The minimum Gasteiger partial charge on any atom is -0.307 e. The summed E-state index contributed by atoms with van der Waals surface area (Å²) in [6.07, 6.45) is 0. The molecule has 2 atom stereocenters. The number of benzene rings is 3. The van der Waals surface area contributed by atoms with E-state index in [2.05, 4.69) is 9.69 Å². The van der Waals surface area contributed by atoms with Gasteiger partial charge in [-0.2, -0.15) is 0 Å². The molecule has 0 heterocycles. The third-order valence-electron chi connectivity index (χ3n) is 4.43. The second-order valence-corrected chi connectivity index (χ2v) is 5.91. The van der Waals surface area contributed by atoms with Gasteiger partial charge in [0.1, 0.15) is 5.92 Å². The van der Waals surface area contributed by atoms with E-state index in [0.717, 1.165) is 16.7 Å². The maximum atomic E-state index is 7.83. The number of rotatable bonds is 5. The highest BCUT2D eigenvalue weighted by atomic mass is 14.8. The van der Waals surface area contributed by atoms with E-state index in [1.54, 1.807) is 0 Å². The molecule has 0 saturated heterocycles. The summed E-state index contributed by atoms with van der Waals surface area (Å²) in [4.78, 5) is 7.87. The van der Waals surface area contributed by atoms with Crippen molar-refractivity contribution in [3.8, 4) is 0 Å². The van der Waals surface area contributed by atoms with Crippen molar-refractivity contribution in [3.63, 3.8) is 0 Å². The van der Waals surface area contributed by atoms with Gasteiger partial charge in [-0.3, -0.25) is 0 Å². The van der Waals surface area contributed by atoms with Gasteiger partial charge in [-0.25, -0.2) is 13.1 Å². The van der Waals surface area contributed by atoms with Crippen LogP contribution in [0.2, 0.25) is 0 Å². The summed E-state index contributed by atoms with van der Waals surface area (Å²) in [6.45, 7) is 15.7. The molecule has 120 valence electrons. The summed E-state index contributed by atoms with van der Waals surface area (Å²) in [6, 6.07) is 28.8. The summed E-state index contributed by atoms with van der Waals surface area (Å²) < 4.78 is 0. The highest BCUT2D eigenvalue weighted by molar-refractivity contribution is 5.36. The molecule has 0 aliphatic heterocycles. The van der Waals surface area contributed by atoms with Crippen LogP contribution in [0.5, 0.6) is 0 Å². The van der Waals surface area contributed by atoms with Crippen LogP contribution >= 0.6 is 0 Å². The van der Waals surface area contributed by atoms with Gasteiger partial charge in [-0.1, -0.05) is 91.0 Å². The van der Waals surface area contributed by atoms with E-state index >= 15 is 0 Å². The van der Waals surface area contributed by atoms with E-state index in [-0.39, 0.29) is 5.92 Å². The Hall–Kier alpha value is -3.36. The van der Waals surface area contributed by atoms with E-state index in [4.69, 9.17) is 13.1 Å². The van der Waals surface area contributed by atoms with E-state index in [9.17, 15) is 0 Å². The predicted molar refractivity (Wildman–Crippen MR) is 101 cm³/mol. The highest BCUT2D eigenvalue weighted by Crippen LogP contribution is 2.45. The van der Waals surface area contributed by atoms with Crippen molar-refractivity contribution in [1.29, 1.82) is 0 Å². The van der Waals surface area contributed by atoms with Crippen molar-refractivity contribution in [2.24, 2.45) is 0 Å². The topological polar surface area (TPSA) is 8.72 Å². The maximum absolute atomic E-state index is 7.83. The molecule has 0 aliphatic rings. The first-order valence-corrected chi connectivity index (χ1v) is 8.23. The van der Waals surface area contributed by atoms with Crippen LogP contribution in [0.4, 0.5) is 0 Å². The fourth-order valence-corrected chi connectivity index (χ4v) is 3.24. The van der Waals surface area contributed by atoms with Crippen LogP contribution in [0, 0.1) is 13.1 Å². The average Bonchev–Trinajstić information content (AvgIpc) is 2.70. The van der Waals surface area contributed by atoms with Crippen molar-refractivity contribution >= 4 is 0 Å². The lowest BCUT2D eigenvalue weighted by Crippen LogP contribution is -2.15. The minimum atomic E-state index is -0.400. The number of hydrogen-bond donors (Lipinski definition) is 0. The van der Waals surface area contributed by atoms with E-state index < -0.39 is 12.1 Å². The molecule has 2 heteroatoms. The first kappa shape index (κ1) is 16.5. The van der Waals surface area contributed by atoms with Crippen molar-refractivity contribution in [1.82, 2.24) is 0 Å². The third-order valence-corrected chi connectivity index (χ3v) is 4.43. The quantitative estimate of drug-likeness (QED) is 0.502. The van der Waals surface area contributed by atoms with Gasteiger partial charge in [0.15, 0.2) is 0 Å².